The standard InChI is InChI=1S/C11H14IN5O4/c1-20-10-7-8(12)15-16-9(7)17(11(13)14-10)6-2-4(19)5(3-18)21-6/h4-6,18-19H,2-3H2,1H3,(H2,13,14)/t4?,5-,6-/m1/s1. The molecule has 3 aliphatic rings. The first-order valence-corrected chi connectivity index (χ1v) is 7.32. The molecule has 0 aromatic heterocycles. The molecule has 0 bridgehead atoms. The summed E-state index contributed by atoms with van der Waals surface area (Å²) in [6.07, 6.45) is -1.70. The molecule has 0 aliphatic carbocycles. The highest BCUT2D eigenvalue weighted by Gasteiger charge is 2.38. The molecule has 0 aromatic carbocycles. The Morgan fingerprint density at radius 2 is 2.29 bits per heavy atom. The van der Waals surface area contributed by atoms with Crippen molar-refractivity contribution in [3.05, 3.63) is 3.70 Å². The maximum Gasteiger partial charge on any atom is 0.230 e. The summed E-state index contributed by atoms with van der Waals surface area (Å²) < 4.78 is 13.0. The molecular formula is C11H14IN5O4. The van der Waals surface area contributed by atoms with Crippen molar-refractivity contribution in [3.63, 3.8) is 0 Å². The molecule has 0 radical (unpaired) electrons. The van der Waals surface area contributed by atoms with Crippen LogP contribution in [0.4, 0.5) is 5.95 Å². The minimum Gasteiger partial charge on any atom is -0.480 e. The first-order valence-electron chi connectivity index (χ1n) is 6.24. The third-order valence-corrected chi connectivity index (χ3v) is 4.19. The van der Waals surface area contributed by atoms with Crippen molar-refractivity contribution in [1.29, 1.82) is 0 Å². The van der Waals surface area contributed by atoms with Crippen molar-refractivity contribution >= 4 is 28.5 Å². The number of methoxy groups -OCH3 is 1. The first kappa shape index (κ1) is 14.7. The van der Waals surface area contributed by atoms with Crippen molar-refractivity contribution in [2.45, 2.75) is 24.9 Å². The molecule has 0 aromatic rings. The monoisotopic (exact) mass is 407 g/mol. The topological polar surface area (TPSA) is 129 Å². The fourth-order valence-corrected chi connectivity index (χ4v) is 3.01. The van der Waals surface area contributed by atoms with Crippen LogP contribution < -0.4 is 10.5 Å². The second-order valence-electron chi connectivity index (χ2n) is 4.65. The summed E-state index contributed by atoms with van der Waals surface area (Å²) in [6, 6.07) is 0. The van der Waals surface area contributed by atoms with Gasteiger partial charge in [-0.25, -0.2) is 0 Å². The zero-order valence-corrected chi connectivity index (χ0v) is 13.3. The highest BCUT2D eigenvalue weighted by molar-refractivity contribution is 14.1. The van der Waals surface area contributed by atoms with Crippen molar-refractivity contribution in [2.75, 3.05) is 19.5 Å². The number of hydrogen-bond donors (Lipinski definition) is 3. The summed E-state index contributed by atoms with van der Waals surface area (Å²) in [7, 11) is 1.49. The number of nitrogens with two attached hydrogens (primary N) is 1. The van der Waals surface area contributed by atoms with Gasteiger partial charge in [-0.05, 0) is 22.6 Å². The van der Waals surface area contributed by atoms with Gasteiger partial charge < -0.3 is 25.4 Å². The molecule has 1 fully saturated rings. The van der Waals surface area contributed by atoms with E-state index in [2.05, 4.69) is 15.2 Å². The van der Waals surface area contributed by atoms with E-state index in [0.29, 0.717) is 21.0 Å². The lowest BCUT2D eigenvalue weighted by molar-refractivity contribution is -0.0437. The van der Waals surface area contributed by atoms with Crippen LogP contribution in [0.1, 0.15) is 12.6 Å². The van der Waals surface area contributed by atoms with Crippen LogP contribution in [0.15, 0.2) is 0 Å². The zero-order valence-electron chi connectivity index (χ0n) is 11.1. The Bertz CT molecular complexity index is 636. The highest BCUT2D eigenvalue weighted by Crippen LogP contribution is 2.39. The average molecular weight is 407 g/mol. The first-order chi connectivity index (χ1) is 10.1. The van der Waals surface area contributed by atoms with Gasteiger partial charge in [-0.15, -0.1) is 10.2 Å². The van der Waals surface area contributed by atoms with E-state index in [1.807, 2.05) is 22.6 Å². The van der Waals surface area contributed by atoms with E-state index in [1.165, 1.54) is 7.11 Å². The summed E-state index contributed by atoms with van der Waals surface area (Å²) in [4.78, 5) is 4.18. The molecule has 0 amide bonds. The quantitative estimate of drug-likeness (QED) is 0.588. The van der Waals surface area contributed by atoms with Crippen LogP contribution in [0.2, 0.25) is 0 Å². The van der Waals surface area contributed by atoms with Crippen molar-refractivity contribution < 1.29 is 19.7 Å². The highest BCUT2D eigenvalue weighted by atomic mass is 127. The van der Waals surface area contributed by atoms with Gasteiger partial charge >= 0.3 is 0 Å². The number of hydrogen-bond acceptors (Lipinski definition) is 8. The molecule has 3 aliphatic heterocycles. The van der Waals surface area contributed by atoms with Crippen LogP contribution in [-0.2, 0) is 4.74 Å². The summed E-state index contributed by atoms with van der Waals surface area (Å²) in [5.41, 5.74) is 6.60. The largest absolute Gasteiger partial charge is 0.480 e. The Kier molecular flexibility index (Phi) is 3.86. The number of anilines is 1. The fraction of sp³-hybridized carbons (Fsp3) is 0.545. The maximum absolute atomic E-state index is 9.87. The number of rotatable bonds is 3. The molecule has 3 atom stereocenters. The van der Waals surface area contributed by atoms with Gasteiger partial charge in [0.1, 0.15) is 21.6 Å². The van der Waals surface area contributed by atoms with E-state index < -0.39 is 18.4 Å². The molecule has 4 N–H and O–H groups in total. The molecule has 3 heterocycles. The summed E-state index contributed by atoms with van der Waals surface area (Å²) in [5, 5.41) is 27.1. The van der Waals surface area contributed by atoms with Gasteiger partial charge in [-0.3, -0.25) is 4.57 Å². The molecule has 3 rings (SSSR count). The van der Waals surface area contributed by atoms with E-state index in [4.69, 9.17) is 15.2 Å². The molecule has 0 spiro atoms. The average Bonchev–Trinajstić information content (AvgIpc) is 3.01. The zero-order chi connectivity index (χ0) is 15.1. The molecule has 21 heavy (non-hydrogen) atoms. The molecule has 114 valence electrons. The van der Waals surface area contributed by atoms with Crippen LogP contribution in [0.5, 0.6) is 5.88 Å². The summed E-state index contributed by atoms with van der Waals surface area (Å²) >= 11 is 2.03. The second kappa shape index (κ2) is 5.51. The second-order valence-corrected chi connectivity index (χ2v) is 5.68. The van der Waals surface area contributed by atoms with Crippen LogP contribution >= 0.6 is 22.6 Å². The van der Waals surface area contributed by atoms with Gasteiger partial charge in [0.15, 0.2) is 5.82 Å². The third kappa shape index (κ3) is 2.31. The maximum atomic E-state index is 9.87. The number of fused-ring (bicyclic) bond motifs is 1. The van der Waals surface area contributed by atoms with Crippen molar-refractivity contribution in [2.24, 2.45) is 0 Å². The number of aliphatic hydroxyl groups is 2. The molecule has 1 unspecified atom stereocenters. The lowest BCUT2D eigenvalue weighted by Gasteiger charge is -2.21. The van der Waals surface area contributed by atoms with Crippen molar-refractivity contribution in [1.82, 2.24) is 19.7 Å². The third-order valence-electron chi connectivity index (χ3n) is 3.43. The SMILES string of the molecule is COc1nc(N)n([C@H]2CC(O)[C@@H](CO)O2)c2nnc(I)c1-2. The van der Waals surface area contributed by atoms with Crippen LogP contribution in [0.3, 0.4) is 0 Å². The Balaban J connectivity index is 2.09. The Labute approximate surface area is 133 Å². The molecule has 0 saturated carbocycles. The van der Waals surface area contributed by atoms with Crippen molar-refractivity contribution in [3.8, 4) is 17.3 Å². The van der Waals surface area contributed by atoms with E-state index in [9.17, 15) is 10.2 Å². The molecule has 1 saturated heterocycles. The lowest BCUT2D eigenvalue weighted by Crippen LogP contribution is -2.24. The number of nitrogens with zero attached hydrogens (tertiary/aromatic N) is 4. The Hall–Kier alpha value is -1.24. The molecular weight excluding hydrogens is 393 g/mol. The predicted octanol–water partition coefficient (Wildman–Crippen LogP) is -0.386. The Morgan fingerprint density at radius 3 is 2.90 bits per heavy atom. The lowest BCUT2D eigenvalue weighted by atomic mass is 10.2. The smallest absolute Gasteiger partial charge is 0.230 e. The van der Waals surface area contributed by atoms with Gasteiger partial charge in [0.2, 0.25) is 11.8 Å². The van der Waals surface area contributed by atoms with Gasteiger partial charge in [0.25, 0.3) is 0 Å². The fourth-order valence-electron chi connectivity index (χ4n) is 2.43. The molecule has 9 nitrogen and oxygen atoms in total. The van der Waals surface area contributed by atoms with E-state index in [-0.39, 0.29) is 19.0 Å². The van der Waals surface area contributed by atoms with Gasteiger partial charge in [0, 0.05) is 6.42 Å². The Morgan fingerprint density at radius 1 is 1.52 bits per heavy atom. The number of aromatic nitrogens is 4. The summed E-state index contributed by atoms with van der Waals surface area (Å²) in [6.45, 7) is -0.269. The van der Waals surface area contributed by atoms with E-state index in [0.717, 1.165) is 0 Å². The minimum atomic E-state index is -0.772. The predicted molar refractivity (Wildman–Crippen MR) is 79.7 cm³/mol. The number of ether oxygens (including phenoxy) is 2. The summed E-state index contributed by atoms with van der Waals surface area (Å²) in [5.74, 6) is 0.955. The number of nitrogen functional groups attached to an aromatic ring is 1. The van der Waals surface area contributed by atoms with E-state index >= 15 is 0 Å². The van der Waals surface area contributed by atoms with Gasteiger partial charge in [-0.2, -0.15) is 4.98 Å². The van der Waals surface area contributed by atoms with Crippen LogP contribution in [0.25, 0.3) is 11.4 Å². The van der Waals surface area contributed by atoms with E-state index in [1.54, 1.807) is 4.57 Å². The van der Waals surface area contributed by atoms with Gasteiger partial charge in [-0.1, -0.05) is 0 Å². The number of aliphatic hydroxyl groups excluding tert-OH is 2. The minimum absolute atomic E-state index is 0.145. The normalized spacial score (nSPS) is 25.6. The molecule has 10 heteroatoms. The van der Waals surface area contributed by atoms with Crippen LogP contribution in [-0.4, -0.2) is 55.9 Å². The number of halogens is 1. The van der Waals surface area contributed by atoms with Gasteiger partial charge in [0.05, 0.1) is 19.8 Å². The van der Waals surface area contributed by atoms with Crippen LogP contribution in [0, 0.1) is 3.70 Å².